The number of carbonyl (C=O) groups is 1. The molecule has 3 rings (SSSR count). The lowest BCUT2D eigenvalue weighted by Gasteiger charge is -2.37. The van der Waals surface area contributed by atoms with Gasteiger partial charge in [0.05, 0.1) is 11.6 Å². The lowest BCUT2D eigenvalue weighted by atomic mass is 9.95. The van der Waals surface area contributed by atoms with Crippen LogP contribution in [-0.4, -0.2) is 43.2 Å². The van der Waals surface area contributed by atoms with Crippen LogP contribution in [-0.2, 0) is 15.7 Å². The lowest BCUT2D eigenvalue weighted by molar-refractivity contribution is -0.140. The summed E-state index contributed by atoms with van der Waals surface area (Å²) in [7, 11) is 0. The number of ether oxygens (including phenoxy) is 1. The fourth-order valence-corrected chi connectivity index (χ4v) is 3.81. The van der Waals surface area contributed by atoms with Crippen LogP contribution >= 0.6 is 0 Å². The summed E-state index contributed by atoms with van der Waals surface area (Å²) in [4.78, 5) is 14.8. The molecule has 8 heteroatoms. The zero-order valence-electron chi connectivity index (χ0n) is 15.0. The van der Waals surface area contributed by atoms with Crippen molar-refractivity contribution in [3.63, 3.8) is 0 Å². The first-order valence-electron chi connectivity index (χ1n) is 9.34. The minimum Gasteiger partial charge on any atom is -0.381 e. The van der Waals surface area contributed by atoms with E-state index < -0.39 is 17.6 Å². The molecule has 0 bridgehead atoms. The molecular formula is C19H24F4N2O2. The Morgan fingerprint density at radius 3 is 2.63 bits per heavy atom. The minimum atomic E-state index is -4.80. The van der Waals surface area contributed by atoms with Crippen LogP contribution in [0.5, 0.6) is 0 Å². The number of benzene rings is 1. The van der Waals surface area contributed by atoms with Crippen LogP contribution < -0.4 is 5.32 Å². The van der Waals surface area contributed by atoms with Crippen LogP contribution in [0.25, 0.3) is 0 Å². The number of rotatable bonds is 4. The van der Waals surface area contributed by atoms with Crippen LogP contribution in [0.4, 0.5) is 23.2 Å². The number of hydrogen-bond acceptors (Lipinski definition) is 3. The molecule has 2 saturated heterocycles. The summed E-state index contributed by atoms with van der Waals surface area (Å²) in [5, 5.41) is 2.55. The number of nitrogens with zero attached hydrogens (tertiary/aromatic N) is 1. The molecule has 150 valence electrons. The van der Waals surface area contributed by atoms with Gasteiger partial charge in [0.2, 0.25) is 5.91 Å². The average molecular weight is 388 g/mol. The molecule has 1 aromatic rings. The minimum absolute atomic E-state index is 0.0367. The summed E-state index contributed by atoms with van der Waals surface area (Å²) in [6, 6.07) is 2.17. The van der Waals surface area contributed by atoms with E-state index in [1.807, 2.05) is 0 Å². The molecule has 4 nitrogen and oxygen atoms in total. The van der Waals surface area contributed by atoms with Crippen molar-refractivity contribution in [2.75, 3.05) is 31.6 Å². The van der Waals surface area contributed by atoms with Crippen LogP contribution in [0.3, 0.4) is 0 Å². The van der Waals surface area contributed by atoms with E-state index in [0.717, 1.165) is 64.1 Å². The molecule has 1 amide bonds. The van der Waals surface area contributed by atoms with Crippen molar-refractivity contribution in [1.29, 1.82) is 0 Å². The molecule has 0 aromatic heterocycles. The van der Waals surface area contributed by atoms with Crippen molar-refractivity contribution >= 4 is 11.6 Å². The van der Waals surface area contributed by atoms with Gasteiger partial charge in [-0.25, -0.2) is 4.39 Å². The smallest absolute Gasteiger partial charge is 0.381 e. The fraction of sp³-hybridized carbons (Fsp3) is 0.632. The second-order valence-corrected chi connectivity index (χ2v) is 7.24. The number of piperidine rings is 1. The summed E-state index contributed by atoms with van der Waals surface area (Å²) < 4.78 is 57.4. The number of likely N-dealkylation sites (tertiary alicyclic amines) is 1. The van der Waals surface area contributed by atoms with E-state index in [0.29, 0.717) is 18.4 Å². The molecule has 1 N–H and O–H groups in total. The van der Waals surface area contributed by atoms with E-state index in [2.05, 4.69) is 10.2 Å². The van der Waals surface area contributed by atoms with E-state index in [1.54, 1.807) is 0 Å². The maximum atomic E-state index is 13.4. The zero-order valence-corrected chi connectivity index (χ0v) is 15.0. The molecule has 1 unspecified atom stereocenters. The second-order valence-electron chi connectivity index (χ2n) is 7.24. The molecule has 1 atom stereocenters. The maximum Gasteiger partial charge on any atom is 0.419 e. The second kappa shape index (κ2) is 8.56. The highest BCUT2D eigenvalue weighted by molar-refractivity contribution is 5.95. The van der Waals surface area contributed by atoms with Crippen molar-refractivity contribution in [3.8, 4) is 0 Å². The monoisotopic (exact) mass is 388 g/mol. The molecular weight excluding hydrogens is 364 g/mol. The molecule has 2 aliphatic rings. The quantitative estimate of drug-likeness (QED) is 0.791. The Labute approximate surface area is 155 Å². The molecule has 2 fully saturated rings. The Morgan fingerprint density at radius 2 is 1.93 bits per heavy atom. The number of halogens is 4. The predicted molar refractivity (Wildman–Crippen MR) is 92.8 cm³/mol. The standard InChI is InChI=1S/C19H24F4N2O2/c20-16-5-4-14(11-15(16)19(21,22)23)24-18(26)17-3-1-2-8-25(17)12-13-6-9-27-10-7-13/h4-5,11,13,17H,1-3,6-10,12H2,(H,24,26). The summed E-state index contributed by atoms with van der Waals surface area (Å²) in [5.41, 5.74) is -1.41. The van der Waals surface area contributed by atoms with Crippen molar-refractivity contribution in [3.05, 3.63) is 29.6 Å². The number of carbonyl (C=O) groups excluding carboxylic acids is 1. The third kappa shape index (κ3) is 5.19. The maximum absolute atomic E-state index is 13.4. The molecule has 0 radical (unpaired) electrons. The Bertz CT molecular complexity index is 660. The molecule has 1 aromatic carbocycles. The number of nitrogens with one attached hydrogen (secondary N) is 1. The fourth-order valence-electron chi connectivity index (χ4n) is 3.81. The highest BCUT2D eigenvalue weighted by Crippen LogP contribution is 2.33. The first-order chi connectivity index (χ1) is 12.8. The zero-order chi connectivity index (χ0) is 19.4. The highest BCUT2D eigenvalue weighted by atomic mass is 19.4. The summed E-state index contributed by atoms with van der Waals surface area (Å²) in [6.07, 6.45) is -0.316. The van der Waals surface area contributed by atoms with Gasteiger partial charge in [0.1, 0.15) is 5.82 Å². The molecule has 2 heterocycles. The molecule has 0 saturated carbocycles. The topological polar surface area (TPSA) is 41.6 Å². The van der Waals surface area contributed by atoms with Crippen LogP contribution in [0.2, 0.25) is 0 Å². The Morgan fingerprint density at radius 1 is 1.19 bits per heavy atom. The van der Waals surface area contributed by atoms with Crippen molar-refractivity contribution in [1.82, 2.24) is 4.90 Å². The van der Waals surface area contributed by atoms with E-state index in [1.165, 1.54) is 0 Å². The third-order valence-corrected chi connectivity index (χ3v) is 5.29. The third-order valence-electron chi connectivity index (χ3n) is 5.29. The normalized spacial score (nSPS) is 22.6. The highest BCUT2D eigenvalue weighted by Gasteiger charge is 2.35. The van der Waals surface area contributed by atoms with Gasteiger partial charge in [-0.2, -0.15) is 13.2 Å². The predicted octanol–water partition coefficient (Wildman–Crippen LogP) is 4.06. The van der Waals surface area contributed by atoms with E-state index in [4.69, 9.17) is 4.74 Å². The van der Waals surface area contributed by atoms with Crippen molar-refractivity contribution in [2.24, 2.45) is 5.92 Å². The Balaban J connectivity index is 1.68. The van der Waals surface area contributed by atoms with Gasteiger partial charge in [0.15, 0.2) is 0 Å². The molecule has 2 aliphatic heterocycles. The first-order valence-corrected chi connectivity index (χ1v) is 9.34. The summed E-state index contributed by atoms with van der Waals surface area (Å²) in [6.45, 7) is 3.04. The van der Waals surface area contributed by atoms with E-state index >= 15 is 0 Å². The van der Waals surface area contributed by atoms with Gasteiger partial charge in [-0.1, -0.05) is 6.42 Å². The van der Waals surface area contributed by atoms with Gasteiger partial charge >= 0.3 is 6.18 Å². The Hall–Kier alpha value is -1.67. The van der Waals surface area contributed by atoms with Crippen molar-refractivity contribution < 1.29 is 27.1 Å². The number of anilines is 1. The summed E-state index contributed by atoms with van der Waals surface area (Å²) >= 11 is 0. The number of alkyl halides is 3. The number of hydrogen-bond donors (Lipinski definition) is 1. The SMILES string of the molecule is O=C(Nc1ccc(F)c(C(F)(F)F)c1)C1CCCCN1CC1CCOCC1. The summed E-state index contributed by atoms with van der Waals surface area (Å²) in [5.74, 6) is -1.21. The first kappa shape index (κ1) is 20.1. The molecule has 0 spiro atoms. The number of amides is 1. The average Bonchev–Trinajstić information content (AvgIpc) is 2.63. The Kier molecular flexibility index (Phi) is 6.37. The van der Waals surface area contributed by atoms with Gasteiger partial charge < -0.3 is 10.1 Å². The largest absolute Gasteiger partial charge is 0.419 e. The van der Waals surface area contributed by atoms with Gasteiger partial charge in [-0.15, -0.1) is 0 Å². The van der Waals surface area contributed by atoms with E-state index in [9.17, 15) is 22.4 Å². The van der Waals surface area contributed by atoms with Gasteiger partial charge in [-0.05, 0) is 56.3 Å². The van der Waals surface area contributed by atoms with Crippen LogP contribution in [0.15, 0.2) is 18.2 Å². The van der Waals surface area contributed by atoms with Gasteiger partial charge in [-0.3, -0.25) is 9.69 Å². The van der Waals surface area contributed by atoms with Gasteiger partial charge in [0, 0.05) is 25.4 Å². The van der Waals surface area contributed by atoms with Crippen LogP contribution in [0.1, 0.15) is 37.7 Å². The van der Waals surface area contributed by atoms with Crippen LogP contribution in [0, 0.1) is 11.7 Å². The molecule has 0 aliphatic carbocycles. The van der Waals surface area contributed by atoms with Crippen molar-refractivity contribution in [2.45, 2.75) is 44.3 Å². The molecule has 27 heavy (non-hydrogen) atoms. The lowest BCUT2D eigenvalue weighted by Crippen LogP contribution is -2.49. The van der Waals surface area contributed by atoms with Gasteiger partial charge in [0.25, 0.3) is 0 Å². The van der Waals surface area contributed by atoms with E-state index in [-0.39, 0.29) is 17.6 Å².